The van der Waals surface area contributed by atoms with Crippen molar-refractivity contribution in [2.75, 3.05) is 18.4 Å². The van der Waals surface area contributed by atoms with E-state index in [-0.39, 0.29) is 17.9 Å². The summed E-state index contributed by atoms with van der Waals surface area (Å²) in [6, 6.07) is 6.95. The lowest BCUT2D eigenvalue weighted by Crippen LogP contribution is -2.29. The van der Waals surface area contributed by atoms with E-state index in [2.05, 4.69) is 25.8 Å². The van der Waals surface area contributed by atoms with Crippen LogP contribution in [0, 0.1) is 6.92 Å². The third kappa shape index (κ3) is 3.61. The quantitative estimate of drug-likeness (QED) is 0.730. The van der Waals surface area contributed by atoms with E-state index in [4.69, 9.17) is 4.52 Å². The molecule has 144 valence electrons. The number of carbonyl (C=O) groups excluding carboxylic acids is 2. The van der Waals surface area contributed by atoms with Crippen LogP contribution >= 0.6 is 0 Å². The normalized spacial score (nSPS) is 16.4. The Hall–Kier alpha value is -3.56. The van der Waals surface area contributed by atoms with E-state index in [1.165, 1.54) is 6.92 Å². The molecular formula is C18H19N7O3. The van der Waals surface area contributed by atoms with Crippen molar-refractivity contribution in [3.63, 3.8) is 0 Å². The van der Waals surface area contributed by atoms with Crippen molar-refractivity contribution in [3.05, 3.63) is 41.9 Å². The van der Waals surface area contributed by atoms with Gasteiger partial charge >= 0.3 is 0 Å². The standard InChI is InChI=1S/C18H19N7O3/c1-11-19-17(28-22-11)16-10-25(23-21-16)15-6-7-24(9-15)18(27)13-4-3-5-14(8-13)20-12(2)26/h3-5,8,10,15H,6-7,9H2,1-2H3,(H,20,26)/t15-/m1/s1. The Bertz CT molecular complexity index is 1030. The molecule has 2 amide bonds. The van der Waals surface area contributed by atoms with Gasteiger partial charge in [0.2, 0.25) is 5.91 Å². The molecule has 10 heteroatoms. The monoisotopic (exact) mass is 381 g/mol. The van der Waals surface area contributed by atoms with Crippen LogP contribution < -0.4 is 5.32 Å². The van der Waals surface area contributed by atoms with Gasteiger partial charge in [0.1, 0.15) is 0 Å². The molecule has 0 bridgehead atoms. The first-order chi connectivity index (χ1) is 13.5. The Morgan fingerprint density at radius 2 is 2.18 bits per heavy atom. The number of hydrogen-bond acceptors (Lipinski definition) is 7. The van der Waals surface area contributed by atoms with E-state index in [9.17, 15) is 9.59 Å². The highest BCUT2D eigenvalue weighted by Gasteiger charge is 2.29. The molecule has 0 unspecified atom stereocenters. The summed E-state index contributed by atoms with van der Waals surface area (Å²) in [6.45, 7) is 4.30. The number of aromatic nitrogens is 5. The average molecular weight is 381 g/mol. The highest BCUT2D eigenvalue weighted by atomic mass is 16.5. The minimum atomic E-state index is -0.177. The fraction of sp³-hybridized carbons (Fsp3) is 0.333. The third-order valence-corrected chi connectivity index (χ3v) is 4.51. The van der Waals surface area contributed by atoms with E-state index < -0.39 is 0 Å². The fourth-order valence-corrected chi connectivity index (χ4v) is 3.21. The number of nitrogens with one attached hydrogen (secondary N) is 1. The van der Waals surface area contributed by atoms with Gasteiger partial charge in [-0.2, -0.15) is 4.98 Å². The van der Waals surface area contributed by atoms with Gasteiger partial charge in [-0.1, -0.05) is 16.4 Å². The molecule has 0 saturated carbocycles. The molecule has 10 nitrogen and oxygen atoms in total. The second kappa shape index (κ2) is 7.22. The number of rotatable bonds is 4. The van der Waals surface area contributed by atoms with Crippen LogP contribution in [0.25, 0.3) is 11.6 Å². The number of likely N-dealkylation sites (tertiary alicyclic amines) is 1. The number of nitrogens with zero attached hydrogens (tertiary/aromatic N) is 6. The van der Waals surface area contributed by atoms with Gasteiger partial charge in [-0.15, -0.1) is 5.10 Å². The van der Waals surface area contributed by atoms with Gasteiger partial charge in [-0.25, -0.2) is 4.68 Å². The lowest BCUT2D eigenvalue weighted by molar-refractivity contribution is -0.114. The minimum absolute atomic E-state index is 0.0211. The van der Waals surface area contributed by atoms with Crippen LogP contribution in [0.15, 0.2) is 35.0 Å². The molecule has 4 rings (SSSR count). The van der Waals surface area contributed by atoms with Crippen LogP contribution in [-0.4, -0.2) is 54.9 Å². The summed E-state index contributed by atoms with van der Waals surface area (Å²) in [5, 5.41) is 14.7. The van der Waals surface area contributed by atoms with Gasteiger partial charge in [0, 0.05) is 31.3 Å². The zero-order chi connectivity index (χ0) is 19.7. The molecule has 28 heavy (non-hydrogen) atoms. The Morgan fingerprint density at radius 1 is 1.32 bits per heavy atom. The largest absolute Gasteiger partial charge is 0.336 e. The lowest BCUT2D eigenvalue weighted by Gasteiger charge is -2.17. The zero-order valence-corrected chi connectivity index (χ0v) is 15.5. The third-order valence-electron chi connectivity index (χ3n) is 4.51. The van der Waals surface area contributed by atoms with Crippen LogP contribution in [-0.2, 0) is 4.79 Å². The topological polar surface area (TPSA) is 119 Å². The zero-order valence-electron chi connectivity index (χ0n) is 15.5. The second-order valence-electron chi connectivity index (χ2n) is 6.69. The fourth-order valence-electron chi connectivity index (χ4n) is 3.21. The van der Waals surface area contributed by atoms with E-state index in [1.807, 2.05) is 0 Å². The summed E-state index contributed by atoms with van der Waals surface area (Å²) in [7, 11) is 0. The molecule has 1 atom stereocenters. The van der Waals surface area contributed by atoms with Crippen molar-refractivity contribution in [2.45, 2.75) is 26.3 Å². The van der Waals surface area contributed by atoms with Gasteiger partial charge < -0.3 is 14.7 Å². The number of amides is 2. The number of hydrogen-bond donors (Lipinski definition) is 1. The van der Waals surface area contributed by atoms with Crippen molar-refractivity contribution >= 4 is 17.5 Å². The van der Waals surface area contributed by atoms with Gasteiger partial charge in [-0.05, 0) is 31.5 Å². The Balaban J connectivity index is 1.45. The summed E-state index contributed by atoms with van der Waals surface area (Å²) >= 11 is 0. The van der Waals surface area contributed by atoms with E-state index >= 15 is 0 Å². The molecule has 0 radical (unpaired) electrons. The first-order valence-corrected chi connectivity index (χ1v) is 8.89. The maximum atomic E-state index is 12.8. The predicted molar refractivity (Wildman–Crippen MR) is 98.4 cm³/mol. The van der Waals surface area contributed by atoms with Gasteiger partial charge in [0.05, 0.1) is 12.2 Å². The first kappa shape index (κ1) is 17.8. The van der Waals surface area contributed by atoms with Crippen molar-refractivity contribution in [1.29, 1.82) is 0 Å². The van der Waals surface area contributed by atoms with Crippen LogP contribution in [0.4, 0.5) is 5.69 Å². The summed E-state index contributed by atoms with van der Waals surface area (Å²) in [5.41, 5.74) is 1.64. The molecular weight excluding hydrogens is 362 g/mol. The molecule has 3 aromatic rings. The smallest absolute Gasteiger partial charge is 0.280 e. The minimum Gasteiger partial charge on any atom is -0.336 e. The van der Waals surface area contributed by atoms with Crippen molar-refractivity contribution in [3.8, 4) is 11.6 Å². The summed E-state index contributed by atoms with van der Waals surface area (Å²) < 4.78 is 6.84. The van der Waals surface area contributed by atoms with Crippen LogP contribution in [0.3, 0.4) is 0 Å². The molecule has 1 N–H and O–H groups in total. The first-order valence-electron chi connectivity index (χ1n) is 8.89. The molecule has 0 spiro atoms. The molecule has 1 aromatic carbocycles. The van der Waals surface area contributed by atoms with Crippen molar-refractivity contribution < 1.29 is 14.1 Å². The maximum Gasteiger partial charge on any atom is 0.280 e. The van der Waals surface area contributed by atoms with Gasteiger partial charge in [-0.3, -0.25) is 9.59 Å². The lowest BCUT2D eigenvalue weighted by atomic mass is 10.1. The van der Waals surface area contributed by atoms with E-state index in [0.717, 1.165) is 6.42 Å². The molecule has 2 aromatic heterocycles. The number of aryl methyl sites for hydroxylation is 1. The Kier molecular flexibility index (Phi) is 4.60. The van der Waals surface area contributed by atoms with Gasteiger partial charge in [0.25, 0.3) is 11.8 Å². The molecule has 1 fully saturated rings. The maximum absolute atomic E-state index is 12.8. The molecule has 1 saturated heterocycles. The molecule has 3 heterocycles. The van der Waals surface area contributed by atoms with E-state index in [0.29, 0.717) is 41.7 Å². The Labute approximate surface area is 160 Å². The van der Waals surface area contributed by atoms with Crippen molar-refractivity contribution in [2.24, 2.45) is 0 Å². The second-order valence-corrected chi connectivity index (χ2v) is 6.69. The predicted octanol–water partition coefficient (Wildman–Crippen LogP) is 1.68. The van der Waals surface area contributed by atoms with Crippen molar-refractivity contribution in [1.82, 2.24) is 30.0 Å². The number of carbonyl (C=O) groups is 2. The molecule has 1 aliphatic heterocycles. The summed E-state index contributed by atoms with van der Waals surface area (Å²) in [4.78, 5) is 30.0. The van der Waals surface area contributed by atoms with Gasteiger partial charge in [0.15, 0.2) is 11.5 Å². The van der Waals surface area contributed by atoms with Crippen LogP contribution in [0.2, 0.25) is 0 Å². The SMILES string of the molecule is CC(=O)Nc1cccc(C(=O)N2CC[C@@H](n3cc(-c4nc(C)no4)nn3)C2)c1. The highest BCUT2D eigenvalue weighted by molar-refractivity contribution is 5.97. The van der Waals surface area contributed by atoms with Crippen LogP contribution in [0.1, 0.15) is 35.6 Å². The Morgan fingerprint density at radius 3 is 2.93 bits per heavy atom. The number of anilines is 1. The molecule has 1 aliphatic rings. The number of benzene rings is 1. The van der Waals surface area contributed by atoms with E-state index in [1.54, 1.807) is 47.0 Å². The highest BCUT2D eigenvalue weighted by Crippen LogP contribution is 2.25. The summed E-state index contributed by atoms with van der Waals surface area (Å²) in [5.74, 6) is 0.597. The summed E-state index contributed by atoms with van der Waals surface area (Å²) in [6.07, 6.45) is 2.52. The molecule has 0 aliphatic carbocycles. The van der Waals surface area contributed by atoms with Crippen LogP contribution in [0.5, 0.6) is 0 Å². The average Bonchev–Trinajstić information content (AvgIpc) is 3.40.